The molecule has 17 heavy (non-hydrogen) atoms. The lowest BCUT2D eigenvalue weighted by Gasteiger charge is -2.18. The summed E-state index contributed by atoms with van der Waals surface area (Å²) in [5, 5.41) is 4.31. The van der Waals surface area contributed by atoms with Crippen LogP contribution in [0.1, 0.15) is 12.5 Å². The number of nitrogens with one attached hydrogen (secondary N) is 1. The van der Waals surface area contributed by atoms with E-state index in [4.69, 9.17) is 23.2 Å². The maximum atomic E-state index is 11.6. The molecule has 0 heterocycles. The molecule has 0 aliphatic rings. The van der Waals surface area contributed by atoms with E-state index in [1.165, 1.54) is 0 Å². The number of benzene rings is 1. The van der Waals surface area contributed by atoms with Gasteiger partial charge in [0.2, 0.25) is 5.91 Å². The minimum absolute atomic E-state index is 0.0215. The van der Waals surface area contributed by atoms with E-state index in [0.717, 1.165) is 5.56 Å². The molecule has 3 nitrogen and oxygen atoms in total. The number of amides is 1. The molecule has 0 spiro atoms. The summed E-state index contributed by atoms with van der Waals surface area (Å²) >= 11 is 12.1. The second kappa shape index (κ2) is 6.24. The van der Waals surface area contributed by atoms with Crippen molar-refractivity contribution in [2.45, 2.75) is 19.5 Å². The first-order chi connectivity index (χ1) is 7.93. The van der Waals surface area contributed by atoms with Crippen LogP contribution in [0.4, 0.5) is 0 Å². The summed E-state index contributed by atoms with van der Waals surface area (Å²) in [7, 11) is 3.45. The fourth-order valence-electron chi connectivity index (χ4n) is 1.43. The van der Waals surface area contributed by atoms with Gasteiger partial charge in [0.05, 0.1) is 6.04 Å². The Hall–Kier alpha value is -0.770. The van der Waals surface area contributed by atoms with E-state index >= 15 is 0 Å². The number of halogens is 2. The Kier molecular flexibility index (Phi) is 5.25. The highest BCUT2D eigenvalue weighted by Crippen LogP contribution is 2.23. The Balaban J connectivity index is 2.65. The van der Waals surface area contributed by atoms with Crippen LogP contribution in [0.25, 0.3) is 0 Å². The van der Waals surface area contributed by atoms with E-state index in [9.17, 15) is 4.79 Å². The Labute approximate surface area is 112 Å². The number of carbonyl (C=O) groups excluding carboxylic acids is 1. The standard InChI is InChI=1S/C12H16Cl2N2O/c1-8(12(17)16(2)3)15-7-9-10(13)5-4-6-11(9)14/h4-6,8,15H,7H2,1-3H3. The number of hydrogen-bond acceptors (Lipinski definition) is 2. The van der Waals surface area contributed by atoms with Gasteiger partial charge in [-0.25, -0.2) is 0 Å². The van der Waals surface area contributed by atoms with E-state index in [-0.39, 0.29) is 11.9 Å². The van der Waals surface area contributed by atoms with Gasteiger partial charge in [0.25, 0.3) is 0 Å². The first-order valence-corrected chi connectivity index (χ1v) is 6.06. The largest absolute Gasteiger partial charge is 0.347 e. The maximum absolute atomic E-state index is 11.6. The first-order valence-electron chi connectivity index (χ1n) is 5.31. The van der Waals surface area contributed by atoms with Crippen molar-refractivity contribution < 1.29 is 4.79 Å². The Morgan fingerprint density at radius 2 is 1.88 bits per heavy atom. The minimum atomic E-state index is -0.266. The predicted octanol–water partition coefficient (Wildman–Crippen LogP) is 2.56. The van der Waals surface area contributed by atoms with Gasteiger partial charge >= 0.3 is 0 Å². The summed E-state index contributed by atoms with van der Waals surface area (Å²) in [6.45, 7) is 2.28. The molecule has 1 aromatic carbocycles. The van der Waals surface area contributed by atoms with E-state index in [1.807, 2.05) is 6.92 Å². The number of rotatable bonds is 4. The Morgan fingerprint density at radius 3 is 2.35 bits per heavy atom. The third kappa shape index (κ3) is 3.87. The molecule has 1 aromatic rings. The molecule has 0 radical (unpaired) electrons. The van der Waals surface area contributed by atoms with Crippen molar-refractivity contribution in [1.82, 2.24) is 10.2 Å². The maximum Gasteiger partial charge on any atom is 0.238 e. The zero-order chi connectivity index (χ0) is 13.0. The first kappa shape index (κ1) is 14.3. The zero-order valence-electron chi connectivity index (χ0n) is 10.1. The molecular formula is C12H16Cl2N2O. The van der Waals surface area contributed by atoms with Gasteiger partial charge < -0.3 is 10.2 Å². The van der Waals surface area contributed by atoms with Gasteiger partial charge in [-0.2, -0.15) is 0 Å². The highest BCUT2D eigenvalue weighted by atomic mass is 35.5. The molecule has 0 saturated heterocycles. The van der Waals surface area contributed by atoms with Crippen molar-refractivity contribution in [2.24, 2.45) is 0 Å². The van der Waals surface area contributed by atoms with Crippen LogP contribution < -0.4 is 5.32 Å². The lowest BCUT2D eigenvalue weighted by atomic mass is 10.2. The molecule has 1 atom stereocenters. The molecule has 94 valence electrons. The topological polar surface area (TPSA) is 32.3 Å². The second-order valence-electron chi connectivity index (χ2n) is 4.04. The second-order valence-corrected chi connectivity index (χ2v) is 4.85. The molecule has 0 aliphatic carbocycles. The molecule has 0 bridgehead atoms. The quantitative estimate of drug-likeness (QED) is 0.916. The normalized spacial score (nSPS) is 12.3. The average molecular weight is 275 g/mol. The van der Waals surface area contributed by atoms with Crippen molar-refractivity contribution in [3.63, 3.8) is 0 Å². The highest BCUT2D eigenvalue weighted by Gasteiger charge is 2.15. The van der Waals surface area contributed by atoms with E-state index in [1.54, 1.807) is 37.2 Å². The predicted molar refractivity (Wildman–Crippen MR) is 71.5 cm³/mol. The van der Waals surface area contributed by atoms with Gasteiger partial charge in [0.1, 0.15) is 0 Å². The number of nitrogens with zero attached hydrogens (tertiary/aromatic N) is 1. The third-order valence-electron chi connectivity index (χ3n) is 2.46. The fraction of sp³-hybridized carbons (Fsp3) is 0.417. The van der Waals surface area contributed by atoms with E-state index < -0.39 is 0 Å². The van der Waals surface area contributed by atoms with Crippen molar-refractivity contribution >= 4 is 29.1 Å². The van der Waals surface area contributed by atoms with Crippen LogP contribution in [0.5, 0.6) is 0 Å². The van der Waals surface area contributed by atoms with Gasteiger partial charge in [-0.3, -0.25) is 4.79 Å². The van der Waals surface area contributed by atoms with Crippen molar-refractivity contribution in [3.8, 4) is 0 Å². The number of hydrogen-bond donors (Lipinski definition) is 1. The highest BCUT2D eigenvalue weighted by molar-refractivity contribution is 6.35. The van der Waals surface area contributed by atoms with Gasteiger partial charge in [0, 0.05) is 36.2 Å². The molecule has 1 amide bonds. The van der Waals surface area contributed by atoms with Crippen LogP contribution >= 0.6 is 23.2 Å². The number of likely N-dealkylation sites (N-methyl/N-ethyl adjacent to an activating group) is 1. The van der Waals surface area contributed by atoms with Gasteiger partial charge in [-0.05, 0) is 19.1 Å². The van der Waals surface area contributed by atoms with Gasteiger partial charge in [-0.15, -0.1) is 0 Å². The molecular weight excluding hydrogens is 259 g/mol. The average Bonchev–Trinajstić information content (AvgIpc) is 2.26. The smallest absolute Gasteiger partial charge is 0.238 e. The summed E-state index contributed by atoms with van der Waals surface area (Å²) < 4.78 is 0. The summed E-state index contributed by atoms with van der Waals surface area (Å²) in [5.74, 6) is 0.0215. The SMILES string of the molecule is CC(NCc1c(Cl)cccc1Cl)C(=O)N(C)C. The van der Waals surface area contributed by atoms with Gasteiger partial charge in [0.15, 0.2) is 0 Å². The summed E-state index contributed by atoms with van der Waals surface area (Å²) in [5.41, 5.74) is 0.814. The van der Waals surface area contributed by atoms with Crippen LogP contribution in [-0.2, 0) is 11.3 Å². The molecule has 1 N–H and O–H groups in total. The molecule has 1 unspecified atom stereocenters. The summed E-state index contributed by atoms with van der Waals surface area (Å²) in [4.78, 5) is 13.2. The lowest BCUT2D eigenvalue weighted by Crippen LogP contribution is -2.41. The Morgan fingerprint density at radius 1 is 1.35 bits per heavy atom. The fourth-order valence-corrected chi connectivity index (χ4v) is 1.96. The molecule has 0 saturated carbocycles. The summed E-state index contributed by atoms with van der Waals surface area (Å²) in [6, 6.07) is 5.09. The molecule has 0 aromatic heterocycles. The lowest BCUT2D eigenvalue weighted by molar-refractivity contribution is -0.130. The summed E-state index contributed by atoms with van der Waals surface area (Å²) in [6.07, 6.45) is 0. The van der Waals surface area contributed by atoms with Crippen molar-refractivity contribution in [3.05, 3.63) is 33.8 Å². The Bertz CT molecular complexity index is 387. The monoisotopic (exact) mass is 274 g/mol. The molecule has 0 fully saturated rings. The molecule has 0 aliphatic heterocycles. The van der Waals surface area contributed by atoms with Crippen molar-refractivity contribution in [1.29, 1.82) is 0 Å². The van der Waals surface area contributed by atoms with Crippen molar-refractivity contribution in [2.75, 3.05) is 14.1 Å². The van der Waals surface area contributed by atoms with Crippen LogP contribution in [0.2, 0.25) is 10.0 Å². The molecule has 1 rings (SSSR count). The zero-order valence-corrected chi connectivity index (χ0v) is 11.6. The van der Waals surface area contributed by atoms with E-state index in [2.05, 4.69) is 5.32 Å². The van der Waals surface area contributed by atoms with Crippen LogP contribution in [0.3, 0.4) is 0 Å². The molecule has 5 heteroatoms. The van der Waals surface area contributed by atoms with Crippen LogP contribution in [0.15, 0.2) is 18.2 Å². The van der Waals surface area contributed by atoms with E-state index in [0.29, 0.717) is 16.6 Å². The third-order valence-corrected chi connectivity index (χ3v) is 3.17. The number of carbonyl (C=O) groups is 1. The van der Waals surface area contributed by atoms with Gasteiger partial charge in [-0.1, -0.05) is 29.3 Å². The van der Waals surface area contributed by atoms with Crippen LogP contribution in [0, 0.1) is 0 Å². The minimum Gasteiger partial charge on any atom is -0.347 e. The van der Waals surface area contributed by atoms with Crippen LogP contribution in [-0.4, -0.2) is 30.9 Å².